The second kappa shape index (κ2) is 9.17. The van der Waals surface area contributed by atoms with E-state index in [1.54, 1.807) is 26.4 Å². The van der Waals surface area contributed by atoms with Gasteiger partial charge >= 0.3 is 0 Å². The van der Waals surface area contributed by atoms with E-state index in [0.29, 0.717) is 29.7 Å². The van der Waals surface area contributed by atoms with Gasteiger partial charge in [-0.3, -0.25) is 19.7 Å². The lowest BCUT2D eigenvalue weighted by atomic mass is 9.98. The number of hydrogen-bond donors (Lipinski definition) is 1. The minimum Gasteiger partial charge on any atom is -0.493 e. The third-order valence-electron chi connectivity index (χ3n) is 5.00. The zero-order valence-corrected chi connectivity index (χ0v) is 19.5. The highest BCUT2D eigenvalue weighted by Gasteiger charge is 2.34. The second-order valence-corrected chi connectivity index (χ2v) is 8.85. The van der Waals surface area contributed by atoms with Crippen molar-refractivity contribution in [1.29, 1.82) is 0 Å². The van der Waals surface area contributed by atoms with E-state index in [2.05, 4.69) is 26.3 Å². The summed E-state index contributed by atoms with van der Waals surface area (Å²) in [7, 11) is 3.09. The minimum atomic E-state index is -0.590. The number of nitrogens with zero attached hydrogens (tertiary/aromatic N) is 2. The molecule has 2 aliphatic rings. The summed E-state index contributed by atoms with van der Waals surface area (Å²) >= 11 is 4.11. The maximum atomic E-state index is 13.1. The largest absolute Gasteiger partial charge is 0.493 e. The molecule has 0 saturated carbocycles. The molecule has 0 spiro atoms. The molecule has 0 aliphatic carbocycles. The van der Waals surface area contributed by atoms with Crippen LogP contribution in [0.15, 0.2) is 63.0 Å². The first-order chi connectivity index (χ1) is 15.4. The Bertz CT molecular complexity index is 1160. The Balaban J connectivity index is 1.72. The van der Waals surface area contributed by atoms with Crippen LogP contribution in [0.1, 0.15) is 23.6 Å². The van der Waals surface area contributed by atoms with Crippen LogP contribution in [0.5, 0.6) is 11.5 Å². The number of hydrazone groups is 1. The summed E-state index contributed by atoms with van der Waals surface area (Å²) in [4.78, 5) is 36.5. The number of carbonyl (C=O) groups excluding carboxylic acids is 3. The number of nitrogens with one attached hydrogen (secondary N) is 1. The maximum absolute atomic E-state index is 13.1. The smallest absolute Gasteiger partial charge is 0.290 e. The van der Waals surface area contributed by atoms with Gasteiger partial charge in [-0.1, -0.05) is 34.1 Å². The molecule has 8 nitrogen and oxygen atoms in total. The van der Waals surface area contributed by atoms with Crippen molar-refractivity contribution in [2.24, 2.45) is 5.10 Å². The highest BCUT2D eigenvalue weighted by molar-refractivity contribution is 9.10. The Kier molecular flexibility index (Phi) is 6.33. The van der Waals surface area contributed by atoms with Gasteiger partial charge in [-0.15, -0.1) is 0 Å². The molecule has 10 heteroatoms. The fourth-order valence-electron chi connectivity index (χ4n) is 3.45. The minimum absolute atomic E-state index is 0.0401. The van der Waals surface area contributed by atoms with Gasteiger partial charge in [0.2, 0.25) is 0 Å². The molecule has 0 bridgehead atoms. The van der Waals surface area contributed by atoms with E-state index in [1.807, 2.05) is 30.3 Å². The second-order valence-electron chi connectivity index (χ2n) is 6.92. The van der Waals surface area contributed by atoms with E-state index in [0.717, 1.165) is 27.4 Å². The third-order valence-corrected chi connectivity index (χ3v) is 6.34. The van der Waals surface area contributed by atoms with Gasteiger partial charge in [0.15, 0.2) is 11.5 Å². The van der Waals surface area contributed by atoms with Crippen molar-refractivity contribution in [3.63, 3.8) is 0 Å². The van der Waals surface area contributed by atoms with Crippen molar-refractivity contribution in [1.82, 2.24) is 10.3 Å². The average Bonchev–Trinajstić information content (AvgIpc) is 3.37. The van der Waals surface area contributed by atoms with E-state index >= 15 is 0 Å². The van der Waals surface area contributed by atoms with Gasteiger partial charge < -0.3 is 9.47 Å². The molecular weight excluding hydrogens is 498 g/mol. The Morgan fingerprint density at radius 1 is 1.16 bits per heavy atom. The number of amides is 3. The molecule has 2 aromatic carbocycles. The highest BCUT2D eigenvalue weighted by Crippen LogP contribution is 2.38. The highest BCUT2D eigenvalue weighted by atomic mass is 79.9. The number of benzene rings is 2. The van der Waals surface area contributed by atoms with Crippen LogP contribution in [0, 0.1) is 0 Å². The van der Waals surface area contributed by atoms with Crippen molar-refractivity contribution in [3.05, 3.63) is 69.0 Å². The number of rotatable bonds is 5. The standard InChI is InChI=1S/C22H18BrN3O5S/c1-30-17-8-5-13(9-18(17)31-2)16-10-15(12-3-6-14(23)7-4-12)25-26(16)20(27)11-19-21(28)24-22(29)32-19/h3-9,11,16H,10H2,1-2H3,(H,24,28,29)/b19-11-. The van der Waals surface area contributed by atoms with Crippen LogP contribution < -0.4 is 14.8 Å². The third kappa shape index (κ3) is 4.42. The summed E-state index contributed by atoms with van der Waals surface area (Å²) in [6, 6.07) is 12.6. The van der Waals surface area contributed by atoms with Crippen LogP contribution in [0.2, 0.25) is 0 Å². The number of halogens is 1. The van der Waals surface area contributed by atoms with Gasteiger partial charge in [0, 0.05) is 17.0 Å². The Morgan fingerprint density at radius 2 is 1.88 bits per heavy atom. The summed E-state index contributed by atoms with van der Waals surface area (Å²) in [5.74, 6) is 0.0153. The van der Waals surface area contributed by atoms with E-state index in [-0.39, 0.29) is 4.91 Å². The summed E-state index contributed by atoms with van der Waals surface area (Å²) in [6.45, 7) is 0. The Hall–Kier alpha value is -3.11. The SMILES string of the molecule is COc1ccc(C2CC(c3ccc(Br)cc3)=NN2C(=O)/C=C2\SC(=O)NC2=O)cc1OC. The first kappa shape index (κ1) is 22.1. The first-order valence-corrected chi connectivity index (χ1v) is 11.1. The number of methoxy groups -OCH3 is 2. The Morgan fingerprint density at radius 3 is 2.50 bits per heavy atom. The summed E-state index contributed by atoms with van der Waals surface area (Å²) in [6.07, 6.45) is 1.61. The number of thioether (sulfide) groups is 1. The van der Waals surface area contributed by atoms with Crippen molar-refractivity contribution in [2.45, 2.75) is 12.5 Å². The lowest BCUT2D eigenvalue weighted by molar-refractivity contribution is -0.128. The van der Waals surface area contributed by atoms with Crippen LogP contribution in [0.3, 0.4) is 0 Å². The van der Waals surface area contributed by atoms with Gasteiger partial charge in [-0.25, -0.2) is 5.01 Å². The fraction of sp³-hybridized carbons (Fsp3) is 0.182. The molecular formula is C22H18BrN3O5S. The molecule has 3 amide bonds. The molecule has 2 aliphatic heterocycles. The van der Waals surface area contributed by atoms with Crippen LogP contribution in [0.25, 0.3) is 0 Å². The monoisotopic (exact) mass is 515 g/mol. The average molecular weight is 516 g/mol. The van der Waals surface area contributed by atoms with E-state index in [1.165, 1.54) is 5.01 Å². The quantitative estimate of drug-likeness (QED) is 0.604. The van der Waals surface area contributed by atoms with Crippen LogP contribution in [-0.2, 0) is 9.59 Å². The molecule has 0 aromatic heterocycles. The van der Waals surface area contributed by atoms with Gasteiger partial charge in [-0.2, -0.15) is 5.10 Å². The lowest BCUT2D eigenvalue weighted by Gasteiger charge is -2.22. The van der Waals surface area contributed by atoms with Gasteiger partial charge in [0.1, 0.15) is 0 Å². The van der Waals surface area contributed by atoms with Crippen LogP contribution in [0.4, 0.5) is 4.79 Å². The predicted molar refractivity (Wildman–Crippen MR) is 124 cm³/mol. The summed E-state index contributed by atoms with van der Waals surface area (Å²) in [5, 5.41) is 7.55. The first-order valence-electron chi connectivity index (χ1n) is 9.53. The number of ether oxygens (including phenoxy) is 2. The van der Waals surface area contributed by atoms with E-state index in [4.69, 9.17) is 9.47 Å². The molecule has 1 saturated heterocycles. The molecule has 1 N–H and O–H groups in total. The zero-order chi connectivity index (χ0) is 22.8. The van der Waals surface area contributed by atoms with Crippen molar-refractivity contribution >= 4 is 50.5 Å². The number of hydrogen-bond acceptors (Lipinski definition) is 7. The normalized spacial score (nSPS) is 19.2. The molecule has 2 aromatic rings. The molecule has 1 unspecified atom stereocenters. The predicted octanol–water partition coefficient (Wildman–Crippen LogP) is 4.01. The number of imide groups is 1. The lowest BCUT2D eigenvalue weighted by Crippen LogP contribution is -2.26. The molecule has 1 atom stereocenters. The van der Waals surface area contributed by atoms with E-state index < -0.39 is 23.1 Å². The molecule has 4 rings (SSSR count). The zero-order valence-electron chi connectivity index (χ0n) is 17.1. The molecule has 2 heterocycles. The topological polar surface area (TPSA) is 97.3 Å². The molecule has 32 heavy (non-hydrogen) atoms. The van der Waals surface area contributed by atoms with Crippen molar-refractivity contribution in [2.75, 3.05) is 14.2 Å². The van der Waals surface area contributed by atoms with Gasteiger partial charge in [0.25, 0.3) is 17.1 Å². The Labute approximate surface area is 196 Å². The number of carbonyl (C=O) groups is 3. The molecule has 1 fully saturated rings. The van der Waals surface area contributed by atoms with Crippen molar-refractivity contribution in [3.8, 4) is 11.5 Å². The van der Waals surface area contributed by atoms with Gasteiger partial charge in [-0.05, 0) is 47.2 Å². The van der Waals surface area contributed by atoms with Crippen LogP contribution >= 0.6 is 27.7 Å². The van der Waals surface area contributed by atoms with E-state index in [9.17, 15) is 14.4 Å². The summed E-state index contributed by atoms with van der Waals surface area (Å²) < 4.78 is 11.7. The molecule has 0 radical (unpaired) electrons. The summed E-state index contributed by atoms with van der Waals surface area (Å²) in [5.41, 5.74) is 2.40. The maximum Gasteiger partial charge on any atom is 0.290 e. The fourth-order valence-corrected chi connectivity index (χ4v) is 4.36. The molecule has 164 valence electrons. The van der Waals surface area contributed by atoms with Crippen molar-refractivity contribution < 1.29 is 23.9 Å². The van der Waals surface area contributed by atoms with Crippen LogP contribution in [-0.4, -0.2) is 42.0 Å². The van der Waals surface area contributed by atoms with Gasteiger partial charge in [0.05, 0.1) is 30.9 Å².